The average Bonchev–Trinajstić information content (AvgIpc) is 3.11. The molecular weight excluding hydrogens is 611 g/mol. The normalized spacial score (nSPS) is 19.4. The van der Waals surface area contributed by atoms with Gasteiger partial charge >= 0.3 is 5.97 Å². The van der Waals surface area contributed by atoms with Gasteiger partial charge in [0.05, 0.1) is 18.4 Å². The van der Waals surface area contributed by atoms with E-state index in [1.807, 2.05) is 11.0 Å². The van der Waals surface area contributed by atoms with Crippen LogP contribution in [0.15, 0.2) is 42.7 Å². The van der Waals surface area contributed by atoms with E-state index in [-0.39, 0.29) is 30.8 Å². The number of alkyl halides is 1. The quantitative estimate of drug-likeness (QED) is 0.215. The van der Waals surface area contributed by atoms with Crippen molar-refractivity contribution < 1.29 is 28.6 Å². The molecule has 4 rings (SSSR count). The summed E-state index contributed by atoms with van der Waals surface area (Å²) in [5.74, 6) is 6.17. The molecule has 2 amide bonds. The van der Waals surface area contributed by atoms with Crippen LogP contribution in [0.25, 0.3) is 0 Å². The Hall–Kier alpha value is -3.97. The van der Waals surface area contributed by atoms with Crippen LogP contribution in [0.5, 0.6) is 5.75 Å². The van der Waals surface area contributed by atoms with Gasteiger partial charge in [0.2, 0.25) is 11.8 Å². The zero-order valence-corrected chi connectivity index (χ0v) is 28.4. The van der Waals surface area contributed by atoms with Crippen molar-refractivity contribution >= 4 is 17.8 Å². The number of carboxylic acids is 1. The molecule has 2 aliphatic heterocycles. The van der Waals surface area contributed by atoms with E-state index in [1.165, 1.54) is 0 Å². The molecule has 4 unspecified atom stereocenters. The largest absolute Gasteiger partial charge is 0.491 e. The molecule has 4 atom stereocenters. The fourth-order valence-corrected chi connectivity index (χ4v) is 7.07. The van der Waals surface area contributed by atoms with Gasteiger partial charge in [-0.05, 0) is 86.4 Å². The third kappa shape index (κ3) is 11.3. The van der Waals surface area contributed by atoms with E-state index in [0.717, 1.165) is 51.6 Å². The number of piperidine rings is 2. The third-order valence-corrected chi connectivity index (χ3v) is 9.67. The number of nitrogens with zero attached hydrogens (tertiary/aromatic N) is 2. The second-order valence-corrected chi connectivity index (χ2v) is 13.2. The average molecular weight is 663 g/mol. The monoisotopic (exact) mass is 662 g/mol. The van der Waals surface area contributed by atoms with Crippen LogP contribution in [0, 0.1) is 35.5 Å². The van der Waals surface area contributed by atoms with Crippen molar-refractivity contribution in [3.05, 3.63) is 59.4 Å². The Bertz CT molecular complexity index is 1420. The van der Waals surface area contributed by atoms with Gasteiger partial charge in [0, 0.05) is 43.0 Å². The van der Waals surface area contributed by atoms with Gasteiger partial charge in [-0.25, -0.2) is 4.39 Å². The van der Waals surface area contributed by atoms with Gasteiger partial charge < -0.3 is 25.4 Å². The molecule has 2 fully saturated rings. The summed E-state index contributed by atoms with van der Waals surface area (Å²) in [5, 5.41) is 16.2. The maximum absolute atomic E-state index is 13.9. The molecule has 1 aromatic heterocycles. The molecule has 0 bridgehead atoms. The second-order valence-electron chi connectivity index (χ2n) is 13.2. The minimum Gasteiger partial charge on any atom is -0.491 e. The smallest absolute Gasteiger partial charge is 0.305 e. The summed E-state index contributed by atoms with van der Waals surface area (Å²) in [6.45, 7) is 6.72. The summed E-state index contributed by atoms with van der Waals surface area (Å²) in [7, 11) is 0. The van der Waals surface area contributed by atoms with E-state index in [4.69, 9.17) is 4.74 Å². The van der Waals surface area contributed by atoms with Gasteiger partial charge in [-0.1, -0.05) is 51.0 Å². The van der Waals surface area contributed by atoms with Crippen LogP contribution in [0.4, 0.5) is 4.39 Å². The van der Waals surface area contributed by atoms with Crippen molar-refractivity contribution in [1.29, 1.82) is 0 Å². The van der Waals surface area contributed by atoms with E-state index in [9.17, 15) is 23.9 Å². The summed E-state index contributed by atoms with van der Waals surface area (Å²) in [6, 6.07) is 7.95. The molecule has 260 valence electrons. The first-order chi connectivity index (χ1) is 23.3. The number of hydrogen-bond acceptors (Lipinski definition) is 6. The van der Waals surface area contributed by atoms with E-state index in [2.05, 4.69) is 41.3 Å². The Morgan fingerprint density at radius 2 is 1.92 bits per heavy atom. The molecule has 2 saturated heterocycles. The molecule has 3 N–H and O–H groups in total. The van der Waals surface area contributed by atoms with Crippen LogP contribution >= 0.6 is 0 Å². The SMILES string of the molecule is CCCC(CC)C1CC(C(=O)NC(CC(=O)O)c2cncc(C#Cc3cccc(OCCF)c3)c2)CN(C(=O)CCC2CCNCC2)C1. The number of nitrogens with one attached hydrogen (secondary N) is 2. The first-order valence-corrected chi connectivity index (χ1v) is 17.6. The number of aliphatic carboxylic acids is 1. The lowest BCUT2D eigenvalue weighted by atomic mass is 9.77. The van der Waals surface area contributed by atoms with E-state index >= 15 is 0 Å². The summed E-state index contributed by atoms with van der Waals surface area (Å²) >= 11 is 0. The highest BCUT2D eigenvalue weighted by molar-refractivity contribution is 5.82. The number of likely N-dealkylation sites (tertiary alicyclic amines) is 1. The molecule has 0 spiro atoms. The van der Waals surface area contributed by atoms with Crippen LogP contribution in [-0.2, 0) is 14.4 Å². The highest BCUT2D eigenvalue weighted by Crippen LogP contribution is 2.34. The molecule has 0 saturated carbocycles. The maximum atomic E-state index is 13.9. The van der Waals surface area contributed by atoms with Gasteiger partial charge in [-0.3, -0.25) is 19.4 Å². The standard InChI is InChI=1S/C38H51FN4O5/c1-3-6-30(4-2)32-21-33(26-43(25-32)36(44)12-11-27-13-16-40-17-14-27)38(47)42-35(22-37(45)46)31-19-29(23-41-24-31)10-9-28-7-5-8-34(20-28)48-18-15-39/h5,7-8,19-20,23-24,27,30,32-33,35,40H,3-4,6,11-18,21-22,25-26H2,1-2H3,(H,42,47)(H,45,46). The molecule has 10 heteroatoms. The van der Waals surface area contributed by atoms with Crippen molar-refractivity contribution in [3.63, 3.8) is 0 Å². The van der Waals surface area contributed by atoms with Crippen molar-refractivity contribution in [2.75, 3.05) is 39.5 Å². The minimum absolute atomic E-state index is 0.0359. The zero-order chi connectivity index (χ0) is 34.3. The van der Waals surface area contributed by atoms with Crippen molar-refractivity contribution in [2.24, 2.45) is 23.7 Å². The van der Waals surface area contributed by atoms with Crippen LogP contribution in [0.1, 0.15) is 94.4 Å². The summed E-state index contributed by atoms with van der Waals surface area (Å²) in [4.78, 5) is 45.6. The molecule has 2 aliphatic rings. The second kappa shape index (κ2) is 19.1. The fraction of sp³-hybridized carbons (Fsp3) is 0.579. The Balaban J connectivity index is 1.49. The lowest BCUT2D eigenvalue weighted by Gasteiger charge is -2.41. The van der Waals surface area contributed by atoms with Gasteiger partial charge in [-0.15, -0.1) is 0 Å². The number of rotatable bonds is 15. The number of pyridine rings is 1. The number of aromatic nitrogens is 1. The Morgan fingerprint density at radius 1 is 1.12 bits per heavy atom. The number of hydrogen-bond donors (Lipinski definition) is 3. The molecule has 1 aromatic carbocycles. The van der Waals surface area contributed by atoms with E-state index in [0.29, 0.717) is 60.2 Å². The van der Waals surface area contributed by atoms with Crippen molar-refractivity contribution in [3.8, 4) is 17.6 Å². The number of benzene rings is 1. The lowest BCUT2D eigenvalue weighted by Crippen LogP contribution is -2.50. The topological polar surface area (TPSA) is 121 Å². The summed E-state index contributed by atoms with van der Waals surface area (Å²) in [6.07, 6.45) is 10.1. The van der Waals surface area contributed by atoms with Crippen molar-refractivity contribution in [1.82, 2.24) is 20.5 Å². The molecule has 9 nitrogen and oxygen atoms in total. The minimum atomic E-state index is -1.05. The number of carboxylic acid groups (broad SMARTS) is 1. The molecule has 48 heavy (non-hydrogen) atoms. The number of carbonyl (C=O) groups is 3. The Kier molecular flexibility index (Phi) is 14.7. The van der Waals surface area contributed by atoms with Gasteiger partial charge in [0.25, 0.3) is 0 Å². The van der Waals surface area contributed by atoms with Gasteiger partial charge in [-0.2, -0.15) is 0 Å². The summed E-state index contributed by atoms with van der Waals surface area (Å²) in [5.41, 5.74) is 1.76. The zero-order valence-electron chi connectivity index (χ0n) is 28.4. The van der Waals surface area contributed by atoms with Crippen LogP contribution in [-0.4, -0.2) is 72.2 Å². The number of halogens is 1. The van der Waals surface area contributed by atoms with Crippen molar-refractivity contribution in [2.45, 2.75) is 77.7 Å². The highest BCUT2D eigenvalue weighted by atomic mass is 19.1. The molecule has 0 radical (unpaired) electrons. The molecule has 3 heterocycles. The van der Waals surface area contributed by atoms with Crippen LogP contribution < -0.4 is 15.4 Å². The fourth-order valence-electron chi connectivity index (χ4n) is 7.07. The number of ether oxygens (including phenoxy) is 1. The predicted molar refractivity (Wildman–Crippen MR) is 183 cm³/mol. The first kappa shape index (κ1) is 36.9. The van der Waals surface area contributed by atoms with Crippen LogP contribution in [0.2, 0.25) is 0 Å². The highest BCUT2D eigenvalue weighted by Gasteiger charge is 2.37. The third-order valence-electron chi connectivity index (χ3n) is 9.67. The van der Waals surface area contributed by atoms with Gasteiger partial charge in [0.1, 0.15) is 19.0 Å². The summed E-state index contributed by atoms with van der Waals surface area (Å²) < 4.78 is 17.8. The Labute approximate surface area is 284 Å². The molecule has 0 aliphatic carbocycles. The Morgan fingerprint density at radius 3 is 2.65 bits per heavy atom. The first-order valence-electron chi connectivity index (χ1n) is 17.6. The molecular formula is C38H51FN4O5. The number of amides is 2. The van der Waals surface area contributed by atoms with E-state index in [1.54, 1.807) is 36.7 Å². The predicted octanol–water partition coefficient (Wildman–Crippen LogP) is 5.53. The molecule has 2 aromatic rings. The number of carbonyl (C=O) groups excluding carboxylic acids is 2. The van der Waals surface area contributed by atoms with Crippen LogP contribution in [0.3, 0.4) is 0 Å². The van der Waals surface area contributed by atoms with E-state index < -0.39 is 24.6 Å². The lowest BCUT2D eigenvalue weighted by molar-refractivity contribution is -0.139. The maximum Gasteiger partial charge on any atom is 0.305 e. The van der Waals surface area contributed by atoms with Gasteiger partial charge in [0.15, 0.2) is 0 Å².